The number of nitrogens with zero attached hydrogens (tertiary/aromatic N) is 5. The molecule has 0 aliphatic carbocycles. The van der Waals surface area contributed by atoms with Gasteiger partial charge in [-0.2, -0.15) is 10.2 Å². The quantitative estimate of drug-likeness (QED) is 0.413. The van der Waals surface area contributed by atoms with Gasteiger partial charge in [0.15, 0.2) is 11.3 Å². The lowest BCUT2D eigenvalue weighted by molar-refractivity contribution is 0.102. The predicted molar refractivity (Wildman–Crippen MR) is 123 cm³/mol. The number of rotatable bonds is 6. The Bertz CT molecular complexity index is 1410. The van der Waals surface area contributed by atoms with E-state index in [-0.39, 0.29) is 11.4 Å². The zero-order valence-corrected chi connectivity index (χ0v) is 17.7. The fraction of sp³-hybridized carbons (Fsp3) is 0.0833. The van der Waals surface area contributed by atoms with E-state index in [9.17, 15) is 9.18 Å². The van der Waals surface area contributed by atoms with E-state index >= 15 is 0 Å². The molecule has 8 nitrogen and oxygen atoms in total. The van der Waals surface area contributed by atoms with E-state index < -0.39 is 11.7 Å². The minimum absolute atomic E-state index is 0.0826. The lowest BCUT2D eigenvalue weighted by Gasteiger charge is -2.19. The topological polar surface area (TPSA) is 91.2 Å². The second-order valence-corrected chi connectivity index (χ2v) is 7.53. The molecule has 0 bridgehead atoms. The number of hydrogen-bond donors (Lipinski definition) is 2. The monoisotopic (exact) mass is 441 g/mol. The number of amides is 1. The van der Waals surface area contributed by atoms with Crippen LogP contribution in [0.15, 0.2) is 79.3 Å². The first kappa shape index (κ1) is 20.4. The molecule has 0 aliphatic heterocycles. The Balaban J connectivity index is 1.63. The minimum atomic E-state index is -0.529. The Morgan fingerprint density at radius 2 is 1.91 bits per heavy atom. The average Bonchev–Trinajstić information content (AvgIpc) is 3.49. The maximum Gasteiger partial charge on any atom is 0.278 e. The number of hydrogen-bond acceptors (Lipinski definition) is 5. The number of halogens is 1. The van der Waals surface area contributed by atoms with Crippen molar-refractivity contribution in [2.75, 3.05) is 17.3 Å². The van der Waals surface area contributed by atoms with Gasteiger partial charge in [-0.25, -0.2) is 13.9 Å². The van der Waals surface area contributed by atoms with Crippen molar-refractivity contribution in [2.24, 2.45) is 0 Å². The zero-order chi connectivity index (χ0) is 22.8. The zero-order valence-electron chi connectivity index (χ0n) is 17.7. The molecule has 3 heterocycles. The summed E-state index contributed by atoms with van der Waals surface area (Å²) in [7, 11) is 1.87. The summed E-state index contributed by atoms with van der Waals surface area (Å²) < 4.78 is 15.8. The van der Waals surface area contributed by atoms with Crippen molar-refractivity contribution in [3.63, 3.8) is 0 Å². The fourth-order valence-corrected chi connectivity index (χ4v) is 3.73. The molecule has 0 saturated heterocycles. The minimum Gasteiger partial charge on any atom is -0.365 e. The average molecular weight is 441 g/mol. The van der Waals surface area contributed by atoms with Crippen LogP contribution in [-0.4, -0.2) is 37.8 Å². The van der Waals surface area contributed by atoms with Crippen molar-refractivity contribution in [1.29, 1.82) is 0 Å². The van der Waals surface area contributed by atoms with Gasteiger partial charge in [-0.15, -0.1) is 0 Å². The summed E-state index contributed by atoms with van der Waals surface area (Å²) in [5, 5.41) is 14.0. The van der Waals surface area contributed by atoms with Gasteiger partial charge in [0.25, 0.3) is 5.91 Å². The molecule has 0 radical (unpaired) electrons. The van der Waals surface area contributed by atoms with Gasteiger partial charge < -0.3 is 10.2 Å². The van der Waals surface area contributed by atoms with Crippen molar-refractivity contribution in [3.05, 3.63) is 96.3 Å². The van der Waals surface area contributed by atoms with Gasteiger partial charge in [0, 0.05) is 31.5 Å². The molecule has 3 aromatic heterocycles. The van der Waals surface area contributed by atoms with Crippen molar-refractivity contribution >= 4 is 22.9 Å². The Morgan fingerprint density at radius 1 is 1.12 bits per heavy atom. The van der Waals surface area contributed by atoms with Gasteiger partial charge in [-0.05, 0) is 23.8 Å². The third-order valence-corrected chi connectivity index (χ3v) is 5.27. The maximum absolute atomic E-state index is 14.2. The highest BCUT2D eigenvalue weighted by Gasteiger charge is 2.25. The van der Waals surface area contributed by atoms with Crippen LogP contribution < -0.4 is 10.2 Å². The molecular weight excluding hydrogens is 421 g/mol. The normalized spacial score (nSPS) is 11.0. The first-order chi connectivity index (χ1) is 16.1. The number of para-hydroxylation sites is 1. The number of anilines is 2. The van der Waals surface area contributed by atoms with Gasteiger partial charge in [-0.1, -0.05) is 42.5 Å². The number of aromatic amines is 1. The van der Waals surface area contributed by atoms with Crippen LogP contribution >= 0.6 is 0 Å². The van der Waals surface area contributed by atoms with Crippen LogP contribution in [0.3, 0.4) is 0 Å². The molecule has 0 atom stereocenters. The third kappa shape index (κ3) is 3.91. The molecule has 0 aliphatic rings. The van der Waals surface area contributed by atoms with E-state index in [2.05, 4.69) is 25.6 Å². The highest BCUT2D eigenvalue weighted by molar-refractivity contribution is 6.09. The molecule has 9 heteroatoms. The first-order valence-corrected chi connectivity index (χ1v) is 10.3. The summed E-state index contributed by atoms with van der Waals surface area (Å²) in [5.41, 5.74) is 3.84. The van der Waals surface area contributed by atoms with Crippen LogP contribution in [0.25, 0.3) is 16.9 Å². The summed E-state index contributed by atoms with van der Waals surface area (Å²) >= 11 is 0. The third-order valence-electron chi connectivity index (χ3n) is 5.27. The number of carbonyl (C=O) groups is 1. The van der Waals surface area contributed by atoms with Crippen molar-refractivity contribution in [1.82, 2.24) is 24.8 Å². The van der Waals surface area contributed by atoms with Gasteiger partial charge in [0.1, 0.15) is 11.5 Å². The first-order valence-electron chi connectivity index (χ1n) is 10.3. The van der Waals surface area contributed by atoms with E-state index in [4.69, 9.17) is 0 Å². The Kier molecular flexibility index (Phi) is 5.27. The van der Waals surface area contributed by atoms with Crippen LogP contribution in [0.2, 0.25) is 0 Å². The molecule has 33 heavy (non-hydrogen) atoms. The molecule has 2 aromatic carbocycles. The molecule has 0 saturated carbocycles. The summed E-state index contributed by atoms with van der Waals surface area (Å²) in [5.74, 6) is -1.05. The number of benzene rings is 2. The molecule has 0 unspecified atom stereocenters. The van der Waals surface area contributed by atoms with Crippen molar-refractivity contribution in [3.8, 4) is 11.3 Å². The van der Waals surface area contributed by atoms with Crippen LogP contribution in [0, 0.1) is 5.82 Å². The van der Waals surface area contributed by atoms with E-state index in [1.54, 1.807) is 41.3 Å². The van der Waals surface area contributed by atoms with Gasteiger partial charge in [-0.3, -0.25) is 9.89 Å². The summed E-state index contributed by atoms with van der Waals surface area (Å²) in [6.07, 6.45) is 5.07. The number of nitrogens with one attached hydrogen (secondary N) is 2. The van der Waals surface area contributed by atoms with E-state index in [1.807, 2.05) is 42.3 Å². The van der Waals surface area contributed by atoms with Gasteiger partial charge >= 0.3 is 0 Å². The standard InChI is InChI=1S/C24H20FN7O/c1-31(15-16-7-3-2-4-8-16)22-21(24(33)29-19-10-6-5-9-18(19)25)30-32-20(11-12-26-23(22)32)17-13-27-28-14-17/h2-14H,15H2,1H3,(H,27,28)(H,29,33). The summed E-state index contributed by atoms with van der Waals surface area (Å²) in [6, 6.07) is 17.7. The Hall–Kier alpha value is -4.53. The summed E-state index contributed by atoms with van der Waals surface area (Å²) in [6.45, 7) is 0.528. The number of H-pyrrole nitrogens is 1. The second kappa shape index (κ2) is 8.54. The van der Waals surface area contributed by atoms with Crippen LogP contribution in [0.5, 0.6) is 0 Å². The Morgan fingerprint density at radius 3 is 2.67 bits per heavy atom. The van der Waals surface area contributed by atoms with Crippen LogP contribution in [0.1, 0.15) is 16.1 Å². The van der Waals surface area contributed by atoms with E-state index in [1.165, 1.54) is 12.1 Å². The molecule has 1 amide bonds. The smallest absolute Gasteiger partial charge is 0.278 e. The largest absolute Gasteiger partial charge is 0.365 e. The molecule has 0 spiro atoms. The van der Waals surface area contributed by atoms with Crippen molar-refractivity contribution in [2.45, 2.75) is 6.54 Å². The highest BCUT2D eigenvalue weighted by atomic mass is 19.1. The lowest BCUT2D eigenvalue weighted by Crippen LogP contribution is -2.21. The van der Waals surface area contributed by atoms with Crippen molar-refractivity contribution < 1.29 is 9.18 Å². The molecule has 2 N–H and O–H groups in total. The van der Waals surface area contributed by atoms with Gasteiger partial charge in [0.2, 0.25) is 0 Å². The molecule has 5 rings (SSSR count). The number of carbonyl (C=O) groups excluding carboxylic acids is 1. The molecule has 0 fully saturated rings. The maximum atomic E-state index is 14.2. The fourth-order valence-electron chi connectivity index (χ4n) is 3.73. The SMILES string of the molecule is CN(Cc1ccccc1)c1c(C(=O)Nc2ccccc2F)nn2c(-c3cn[nH]c3)ccnc12. The molecular formula is C24H20FN7O. The lowest BCUT2D eigenvalue weighted by atomic mass is 10.2. The Labute approximate surface area is 188 Å². The second-order valence-electron chi connectivity index (χ2n) is 7.53. The summed E-state index contributed by atoms with van der Waals surface area (Å²) in [4.78, 5) is 19.7. The predicted octanol–water partition coefficient (Wildman–Crippen LogP) is 4.15. The highest BCUT2D eigenvalue weighted by Crippen LogP contribution is 2.30. The number of fused-ring (bicyclic) bond motifs is 1. The molecule has 164 valence electrons. The van der Waals surface area contributed by atoms with Gasteiger partial charge in [0.05, 0.1) is 17.6 Å². The van der Waals surface area contributed by atoms with Crippen LogP contribution in [0.4, 0.5) is 15.8 Å². The van der Waals surface area contributed by atoms with E-state index in [0.29, 0.717) is 23.6 Å². The molecule has 5 aromatic rings. The van der Waals surface area contributed by atoms with E-state index in [0.717, 1.165) is 11.1 Å². The van der Waals surface area contributed by atoms with Crippen LogP contribution in [-0.2, 0) is 6.54 Å². The number of aromatic nitrogens is 5.